The fourth-order valence-corrected chi connectivity index (χ4v) is 2.69. The molecule has 0 atom stereocenters. The molecule has 1 aromatic heterocycles. The number of rotatable bonds is 1. The Morgan fingerprint density at radius 2 is 2.15 bits per heavy atom. The van der Waals surface area contributed by atoms with Crippen LogP contribution in [0.25, 0.3) is 0 Å². The van der Waals surface area contributed by atoms with E-state index < -0.39 is 5.60 Å². The molecular formula is C14H17N3O3. The molecule has 0 unspecified atom stereocenters. The maximum absolute atomic E-state index is 12.3. The number of hydrogen-bond donors (Lipinski definition) is 1. The molecule has 1 aromatic rings. The number of aromatic nitrogens is 1. The molecule has 106 valence electrons. The number of nitrogens with zero attached hydrogens (tertiary/aromatic N) is 2. The largest absolute Gasteiger partial charge is 0.360 e. The summed E-state index contributed by atoms with van der Waals surface area (Å²) in [5.74, 6) is -0.181. The molecule has 6 heteroatoms. The summed E-state index contributed by atoms with van der Waals surface area (Å²) in [4.78, 5) is 29.4. The number of carbonyl (C=O) groups is 2. The number of pyridine rings is 1. The van der Waals surface area contributed by atoms with Gasteiger partial charge in [0.05, 0.1) is 19.6 Å². The lowest BCUT2D eigenvalue weighted by molar-refractivity contribution is -0.165. The maximum atomic E-state index is 12.3. The second kappa shape index (κ2) is 4.56. The van der Waals surface area contributed by atoms with Crippen LogP contribution >= 0.6 is 0 Å². The molecule has 1 N–H and O–H groups in total. The van der Waals surface area contributed by atoms with Gasteiger partial charge < -0.3 is 15.0 Å². The number of aryl methyl sites for hydroxylation is 2. The predicted octanol–water partition coefficient (Wildman–Crippen LogP) is 0.0394. The zero-order valence-electron chi connectivity index (χ0n) is 11.6. The molecule has 20 heavy (non-hydrogen) atoms. The van der Waals surface area contributed by atoms with Crippen molar-refractivity contribution in [2.75, 3.05) is 26.2 Å². The Bertz CT molecular complexity index is 547. The molecule has 2 aliphatic rings. The van der Waals surface area contributed by atoms with E-state index in [0.717, 1.165) is 11.3 Å². The van der Waals surface area contributed by atoms with Crippen LogP contribution in [0.15, 0.2) is 12.1 Å². The molecule has 1 spiro atoms. The van der Waals surface area contributed by atoms with Gasteiger partial charge in [0.1, 0.15) is 17.9 Å². The summed E-state index contributed by atoms with van der Waals surface area (Å²) in [6, 6.07) is 3.73. The third-order valence-electron chi connectivity index (χ3n) is 3.68. The van der Waals surface area contributed by atoms with E-state index in [1.807, 2.05) is 19.9 Å². The summed E-state index contributed by atoms with van der Waals surface area (Å²) in [5.41, 5.74) is 1.93. The molecule has 0 aromatic carbocycles. The van der Waals surface area contributed by atoms with E-state index in [4.69, 9.17) is 4.74 Å². The van der Waals surface area contributed by atoms with Gasteiger partial charge in [-0.2, -0.15) is 0 Å². The first-order valence-corrected chi connectivity index (χ1v) is 6.63. The lowest BCUT2D eigenvalue weighted by Gasteiger charge is -2.50. The normalized spacial score (nSPS) is 20.5. The smallest absolute Gasteiger partial charge is 0.272 e. The van der Waals surface area contributed by atoms with E-state index in [2.05, 4.69) is 10.3 Å². The molecule has 2 aliphatic heterocycles. The zero-order valence-corrected chi connectivity index (χ0v) is 11.6. The van der Waals surface area contributed by atoms with Crippen molar-refractivity contribution < 1.29 is 14.3 Å². The fraction of sp³-hybridized carbons (Fsp3) is 0.500. The second-order valence-electron chi connectivity index (χ2n) is 5.58. The summed E-state index contributed by atoms with van der Waals surface area (Å²) in [5, 5.41) is 2.77. The lowest BCUT2D eigenvalue weighted by atomic mass is 9.92. The molecule has 0 bridgehead atoms. The summed E-state index contributed by atoms with van der Waals surface area (Å²) >= 11 is 0. The van der Waals surface area contributed by atoms with Crippen LogP contribution in [0.4, 0.5) is 0 Å². The molecule has 2 amide bonds. The van der Waals surface area contributed by atoms with Crippen molar-refractivity contribution in [2.45, 2.75) is 19.4 Å². The monoisotopic (exact) mass is 275 g/mol. The van der Waals surface area contributed by atoms with E-state index in [9.17, 15) is 9.59 Å². The van der Waals surface area contributed by atoms with Gasteiger partial charge >= 0.3 is 0 Å². The Morgan fingerprint density at radius 3 is 2.75 bits per heavy atom. The van der Waals surface area contributed by atoms with Crippen molar-refractivity contribution in [1.82, 2.24) is 15.2 Å². The van der Waals surface area contributed by atoms with Crippen molar-refractivity contribution in [3.05, 3.63) is 29.1 Å². The first-order chi connectivity index (χ1) is 9.47. The highest BCUT2D eigenvalue weighted by molar-refractivity contribution is 5.93. The molecule has 2 saturated heterocycles. The van der Waals surface area contributed by atoms with Crippen LogP contribution in [-0.4, -0.2) is 53.5 Å². The predicted molar refractivity (Wildman–Crippen MR) is 71.3 cm³/mol. The molecule has 0 radical (unpaired) electrons. The van der Waals surface area contributed by atoms with E-state index in [1.54, 1.807) is 11.0 Å². The number of hydrogen-bond acceptors (Lipinski definition) is 4. The minimum atomic E-state index is -0.400. The van der Waals surface area contributed by atoms with Crippen LogP contribution in [0.5, 0.6) is 0 Å². The zero-order chi connectivity index (χ0) is 14.3. The number of likely N-dealkylation sites (tertiary alicyclic amines) is 1. The van der Waals surface area contributed by atoms with Crippen LogP contribution in [0, 0.1) is 13.8 Å². The SMILES string of the molecule is Cc1cc(C)nc(C(=O)N2CC3(CNC(=O)CO3)C2)c1. The third-order valence-corrected chi connectivity index (χ3v) is 3.68. The van der Waals surface area contributed by atoms with Crippen molar-refractivity contribution in [3.63, 3.8) is 0 Å². The van der Waals surface area contributed by atoms with E-state index in [-0.39, 0.29) is 18.4 Å². The Kier molecular flexibility index (Phi) is 2.97. The van der Waals surface area contributed by atoms with Crippen molar-refractivity contribution in [3.8, 4) is 0 Å². The second-order valence-corrected chi connectivity index (χ2v) is 5.58. The first kappa shape index (κ1) is 13.1. The van der Waals surface area contributed by atoms with Crippen molar-refractivity contribution >= 4 is 11.8 Å². The van der Waals surface area contributed by atoms with Crippen LogP contribution in [0.2, 0.25) is 0 Å². The maximum Gasteiger partial charge on any atom is 0.272 e. The topological polar surface area (TPSA) is 71.5 Å². The Balaban J connectivity index is 1.67. The van der Waals surface area contributed by atoms with Gasteiger partial charge in [0.25, 0.3) is 5.91 Å². The van der Waals surface area contributed by atoms with Crippen LogP contribution in [0.3, 0.4) is 0 Å². The molecule has 6 nitrogen and oxygen atoms in total. The van der Waals surface area contributed by atoms with Gasteiger partial charge in [0, 0.05) is 5.69 Å². The number of nitrogens with one attached hydrogen (secondary N) is 1. The van der Waals surface area contributed by atoms with Gasteiger partial charge in [0.2, 0.25) is 5.91 Å². The molecule has 3 heterocycles. The summed E-state index contributed by atoms with van der Waals surface area (Å²) in [7, 11) is 0. The highest BCUT2D eigenvalue weighted by Gasteiger charge is 2.48. The van der Waals surface area contributed by atoms with Gasteiger partial charge in [-0.05, 0) is 31.5 Å². The highest BCUT2D eigenvalue weighted by Crippen LogP contribution is 2.27. The van der Waals surface area contributed by atoms with E-state index in [0.29, 0.717) is 25.3 Å². The molecule has 2 fully saturated rings. The van der Waals surface area contributed by atoms with Crippen molar-refractivity contribution in [2.24, 2.45) is 0 Å². The van der Waals surface area contributed by atoms with Crippen LogP contribution in [0.1, 0.15) is 21.7 Å². The molecule has 0 aliphatic carbocycles. The Hall–Kier alpha value is -1.95. The minimum Gasteiger partial charge on any atom is -0.360 e. The first-order valence-electron chi connectivity index (χ1n) is 6.63. The summed E-state index contributed by atoms with van der Waals surface area (Å²) in [6.45, 7) is 5.37. The number of amides is 2. The van der Waals surface area contributed by atoms with Gasteiger partial charge in [-0.1, -0.05) is 0 Å². The number of morpholine rings is 1. The lowest BCUT2D eigenvalue weighted by Crippen LogP contribution is -2.71. The fourth-order valence-electron chi connectivity index (χ4n) is 2.69. The van der Waals surface area contributed by atoms with Gasteiger partial charge in [0.15, 0.2) is 0 Å². The Morgan fingerprint density at radius 1 is 1.40 bits per heavy atom. The Labute approximate surface area is 117 Å². The van der Waals surface area contributed by atoms with E-state index >= 15 is 0 Å². The highest BCUT2D eigenvalue weighted by atomic mass is 16.5. The van der Waals surface area contributed by atoms with Gasteiger partial charge in [-0.3, -0.25) is 9.59 Å². The van der Waals surface area contributed by atoms with Crippen LogP contribution in [-0.2, 0) is 9.53 Å². The van der Waals surface area contributed by atoms with Crippen molar-refractivity contribution in [1.29, 1.82) is 0 Å². The third kappa shape index (κ3) is 2.27. The molecule has 0 saturated carbocycles. The molecular weight excluding hydrogens is 258 g/mol. The van der Waals surface area contributed by atoms with Crippen LogP contribution < -0.4 is 5.32 Å². The standard InChI is InChI=1S/C14H17N3O3/c1-9-3-10(2)16-11(4-9)13(19)17-7-14(8-17)6-15-12(18)5-20-14/h3-4H,5-8H2,1-2H3,(H,15,18). The minimum absolute atomic E-state index is 0.0732. The number of carbonyl (C=O) groups excluding carboxylic acids is 2. The van der Waals surface area contributed by atoms with E-state index in [1.165, 1.54) is 0 Å². The average Bonchev–Trinajstić information content (AvgIpc) is 2.35. The quantitative estimate of drug-likeness (QED) is 0.785. The van der Waals surface area contributed by atoms with Gasteiger partial charge in [-0.15, -0.1) is 0 Å². The summed E-state index contributed by atoms with van der Waals surface area (Å²) < 4.78 is 5.55. The number of ether oxygens (including phenoxy) is 1. The average molecular weight is 275 g/mol. The van der Waals surface area contributed by atoms with Gasteiger partial charge in [-0.25, -0.2) is 4.98 Å². The molecule has 3 rings (SSSR count). The summed E-state index contributed by atoms with van der Waals surface area (Å²) in [6.07, 6.45) is 0.